The zero-order valence-corrected chi connectivity index (χ0v) is 14.1. The first-order valence-corrected chi connectivity index (χ1v) is 7.93. The highest BCUT2D eigenvalue weighted by molar-refractivity contribution is 5.94. The predicted octanol–water partition coefficient (Wildman–Crippen LogP) is 2.68. The van der Waals surface area contributed by atoms with Crippen LogP contribution in [0.1, 0.15) is 44.0 Å². The Labute approximate surface area is 138 Å². The average molecular weight is 318 g/mol. The first-order chi connectivity index (χ1) is 11.1. The SMILES string of the molecule is C/C=C(\C)CC[C@@H](CNC(=O)c1ccc(OCC)cc1)NC=O. The molecular weight excluding hydrogens is 292 g/mol. The Morgan fingerprint density at radius 1 is 1.30 bits per heavy atom. The monoisotopic (exact) mass is 318 g/mol. The van der Waals surface area contributed by atoms with E-state index < -0.39 is 0 Å². The van der Waals surface area contributed by atoms with E-state index in [4.69, 9.17) is 4.74 Å². The molecule has 0 spiro atoms. The van der Waals surface area contributed by atoms with Crippen LogP contribution in [-0.4, -0.2) is 31.5 Å². The van der Waals surface area contributed by atoms with Crippen molar-refractivity contribution < 1.29 is 14.3 Å². The first-order valence-electron chi connectivity index (χ1n) is 7.93. The summed E-state index contributed by atoms with van der Waals surface area (Å²) < 4.78 is 5.35. The van der Waals surface area contributed by atoms with Gasteiger partial charge < -0.3 is 15.4 Å². The van der Waals surface area contributed by atoms with Crippen molar-refractivity contribution in [2.75, 3.05) is 13.2 Å². The molecule has 1 atom stereocenters. The van der Waals surface area contributed by atoms with Gasteiger partial charge in [-0.3, -0.25) is 9.59 Å². The zero-order valence-electron chi connectivity index (χ0n) is 14.1. The van der Waals surface area contributed by atoms with Crippen LogP contribution < -0.4 is 15.4 Å². The zero-order chi connectivity index (χ0) is 17.1. The van der Waals surface area contributed by atoms with Gasteiger partial charge in [-0.25, -0.2) is 0 Å². The number of hydrogen-bond acceptors (Lipinski definition) is 3. The number of carbonyl (C=O) groups excluding carboxylic acids is 2. The standard InChI is InChI=1S/C18H26N2O3/c1-4-14(3)6-9-16(20-13-21)12-19-18(22)15-7-10-17(11-8-15)23-5-2/h4,7-8,10-11,13,16H,5-6,9,12H2,1-3H3,(H,19,22)(H,20,21)/b14-4+/t16-/m0/s1. The van der Waals surface area contributed by atoms with Gasteiger partial charge >= 0.3 is 0 Å². The fourth-order valence-corrected chi connectivity index (χ4v) is 2.07. The van der Waals surface area contributed by atoms with Gasteiger partial charge in [-0.15, -0.1) is 0 Å². The lowest BCUT2D eigenvalue weighted by molar-refractivity contribution is -0.110. The Morgan fingerprint density at radius 3 is 2.57 bits per heavy atom. The van der Waals surface area contributed by atoms with Crippen LogP contribution >= 0.6 is 0 Å². The van der Waals surface area contributed by atoms with Crippen LogP contribution in [0.25, 0.3) is 0 Å². The minimum atomic E-state index is -0.159. The van der Waals surface area contributed by atoms with Crippen molar-refractivity contribution in [1.82, 2.24) is 10.6 Å². The molecule has 0 saturated heterocycles. The maximum atomic E-state index is 12.1. The van der Waals surface area contributed by atoms with Gasteiger partial charge in [-0.05, 0) is 57.9 Å². The molecule has 5 heteroatoms. The second kappa shape index (κ2) is 10.4. The van der Waals surface area contributed by atoms with Gasteiger partial charge in [-0.2, -0.15) is 0 Å². The van der Waals surface area contributed by atoms with Crippen LogP contribution in [0.5, 0.6) is 5.75 Å². The lowest BCUT2D eigenvalue weighted by Gasteiger charge is -2.17. The van der Waals surface area contributed by atoms with E-state index in [1.807, 2.05) is 13.8 Å². The number of ether oxygens (including phenoxy) is 1. The van der Waals surface area contributed by atoms with Crippen molar-refractivity contribution in [1.29, 1.82) is 0 Å². The van der Waals surface area contributed by atoms with Crippen molar-refractivity contribution in [2.45, 2.75) is 39.7 Å². The fourth-order valence-electron chi connectivity index (χ4n) is 2.07. The molecule has 2 amide bonds. The van der Waals surface area contributed by atoms with Gasteiger partial charge in [-0.1, -0.05) is 11.6 Å². The fraction of sp³-hybridized carbons (Fsp3) is 0.444. The van der Waals surface area contributed by atoms with Gasteiger partial charge in [0.1, 0.15) is 5.75 Å². The number of benzene rings is 1. The Kier molecular flexibility index (Phi) is 8.50. The maximum absolute atomic E-state index is 12.1. The summed E-state index contributed by atoms with van der Waals surface area (Å²) in [6.07, 6.45) is 4.41. The molecule has 0 saturated carbocycles. The van der Waals surface area contributed by atoms with E-state index >= 15 is 0 Å². The highest BCUT2D eigenvalue weighted by Gasteiger charge is 2.11. The van der Waals surface area contributed by atoms with Crippen molar-refractivity contribution >= 4 is 12.3 Å². The molecule has 0 fully saturated rings. The van der Waals surface area contributed by atoms with Crippen LogP contribution in [-0.2, 0) is 4.79 Å². The lowest BCUT2D eigenvalue weighted by Crippen LogP contribution is -2.40. The summed E-state index contributed by atoms with van der Waals surface area (Å²) in [7, 11) is 0. The largest absolute Gasteiger partial charge is 0.494 e. The van der Waals surface area contributed by atoms with Crippen LogP contribution in [0.3, 0.4) is 0 Å². The first kappa shape index (κ1) is 18.7. The summed E-state index contributed by atoms with van der Waals surface area (Å²) in [4.78, 5) is 22.8. The molecule has 0 heterocycles. The third-order valence-corrected chi connectivity index (χ3v) is 3.62. The number of allylic oxidation sites excluding steroid dienone is 2. The van der Waals surface area contributed by atoms with E-state index in [1.54, 1.807) is 24.3 Å². The number of carbonyl (C=O) groups is 2. The van der Waals surface area contributed by atoms with E-state index in [2.05, 4.69) is 23.6 Å². The van der Waals surface area contributed by atoms with Crippen molar-refractivity contribution in [3.8, 4) is 5.75 Å². The minimum absolute atomic E-state index is 0.0750. The molecule has 0 unspecified atom stereocenters. The summed E-state index contributed by atoms with van der Waals surface area (Å²) in [6.45, 7) is 6.95. The summed E-state index contributed by atoms with van der Waals surface area (Å²) in [5.74, 6) is 0.583. The van der Waals surface area contributed by atoms with E-state index in [-0.39, 0.29) is 11.9 Å². The van der Waals surface area contributed by atoms with Gasteiger partial charge in [0.15, 0.2) is 0 Å². The maximum Gasteiger partial charge on any atom is 0.251 e. The van der Waals surface area contributed by atoms with Gasteiger partial charge in [0.2, 0.25) is 6.41 Å². The molecule has 0 aliphatic rings. The van der Waals surface area contributed by atoms with E-state index in [1.165, 1.54) is 5.57 Å². The molecule has 0 aliphatic heterocycles. The molecule has 0 radical (unpaired) electrons. The van der Waals surface area contributed by atoms with Crippen molar-refractivity contribution in [3.05, 3.63) is 41.5 Å². The Balaban J connectivity index is 2.51. The molecule has 1 rings (SSSR count). The third-order valence-electron chi connectivity index (χ3n) is 3.62. The van der Waals surface area contributed by atoms with E-state index in [0.29, 0.717) is 25.1 Å². The number of rotatable bonds is 10. The average Bonchev–Trinajstić information content (AvgIpc) is 2.57. The number of hydrogen-bond donors (Lipinski definition) is 2. The molecule has 0 aliphatic carbocycles. The lowest BCUT2D eigenvalue weighted by atomic mass is 10.1. The molecule has 1 aromatic carbocycles. The van der Waals surface area contributed by atoms with Gasteiger partial charge in [0.25, 0.3) is 5.91 Å². The van der Waals surface area contributed by atoms with E-state index in [9.17, 15) is 9.59 Å². The molecule has 5 nitrogen and oxygen atoms in total. The van der Waals surface area contributed by atoms with Crippen molar-refractivity contribution in [3.63, 3.8) is 0 Å². The van der Waals surface area contributed by atoms with E-state index in [0.717, 1.165) is 18.6 Å². The van der Waals surface area contributed by atoms with Gasteiger partial charge in [0.05, 0.1) is 6.61 Å². The van der Waals surface area contributed by atoms with Crippen LogP contribution in [0, 0.1) is 0 Å². The number of nitrogens with one attached hydrogen (secondary N) is 2. The Hall–Kier alpha value is -2.30. The Morgan fingerprint density at radius 2 is 2.00 bits per heavy atom. The summed E-state index contributed by atoms with van der Waals surface area (Å²) in [5.41, 5.74) is 1.84. The predicted molar refractivity (Wildman–Crippen MR) is 91.6 cm³/mol. The number of amides is 2. The summed E-state index contributed by atoms with van der Waals surface area (Å²) in [5, 5.41) is 5.61. The quantitative estimate of drug-likeness (QED) is 0.515. The minimum Gasteiger partial charge on any atom is -0.494 e. The highest BCUT2D eigenvalue weighted by atomic mass is 16.5. The smallest absolute Gasteiger partial charge is 0.251 e. The normalized spacial score (nSPS) is 12.4. The van der Waals surface area contributed by atoms with Crippen LogP contribution in [0.15, 0.2) is 35.9 Å². The highest BCUT2D eigenvalue weighted by Crippen LogP contribution is 2.12. The van der Waals surface area contributed by atoms with Crippen LogP contribution in [0.2, 0.25) is 0 Å². The van der Waals surface area contributed by atoms with Crippen LogP contribution in [0.4, 0.5) is 0 Å². The Bertz CT molecular complexity index is 524. The summed E-state index contributed by atoms with van der Waals surface area (Å²) in [6, 6.07) is 6.93. The second-order valence-electron chi connectivity index (χ2n) is 5.32. The summed E-state index contributed by atoms with van der Waals surface area (Å²) >= 11 is 0. The topological polar surface area (TPSA) is 67.4 Å². The molecular formula is C18H26N2O3. The third kappa shape index (κ3) is 7.00. The molecule has 2 N–H and O–H groups in total. The second-order valence-corrected chi connectivity index (χ2v) is 5.32. The molecule has 0 bridgehead atoms. The molecule has 1 aromatic rings. The molecule has 23 heavy (non-hydrogen) atoms. The molecule has 0 aromatic heterocycles. The molecule has 126 valence electrons. The van der Waals surface area contributed by atoms with Crippen molar-refractivity contribution in [2.24, 2.45) is 0 Å². The van der Waals surface area contributed by atoms with Gasteiger partial charge in [0, 0.05) is 18.2 Å².